The summed E-state index contributed by atoms with van der Waals surface area (Å²) < 4.78 is 0. The highest BCUT2D eigenvalue weighted by atomic mass is 16.3. The van der Waals surface area contributed by atoms with E-state index in [4.69, 9.17) is 0 Å². The SMILES string of the molecule is CCNC(CC)c1ccccc1N1CC2CCC(O)C2C1. The van der Waals surface area contributed by atoms with Gasteiger partial charge in [-0.2, -0.15) is 0 Å². The molecule has 1 aliphatic heterocycles. The standard InChI is InChI=1S/C18H28N2O/c1-3-16(19-4-2)14-7-5-6-8-17(14)20-11-13-9-10-18(21)15(13)12-20/h5-8,13,15-16,18-19,21H,3-4,9-12H2,1-2H3. The van der Waals surface area contributed by atoms with Crippen molar-refractivity contribution in [3.05, 3.63) is 29.8 Å². The molecule has 0 amide bonds. The van der Waals surface area contributed by atoms with Crippen molar-refractivity contribution in [3.8, 4) is 0 Å². The molecule has 0 spiro atoms. The topological polar surface area (TPSA) is 35.5 Å². The first kappa shape index (κ1) is 14.9. The molecule has 2 aliphatic rings. The molecule has 3 heteroatoms. The molecule has 3 nitrogen and oxygen atoms in total. The smallest absolute Gasteiger partial charge is 0.0588 e. The number of hydrogen-bond donors (Lipinski definition) is 2. The zero-order chi connectivity index (χ0) is 14.8. The van der Waals surface area contributed by atoms with Crippen LogP contribution in [0.4, 0.5) is 5.69 Å². The molecule has 21 heavy (non-hydrogen) atoms. The molecule has 1 saturated carbocycles. The minimum Gasteiger partial charge on any atom is -0.393 e. The maximum atomic E-state index is 10.1. The Morgan fingerprint density at radius 1 is 1.24 bits per heavy atom. The average molecular weight is 288 g/mol. The van der Waals surface area contributed by atoms with E-state index in [1.165, 1.54) is 17.7 Å². The lowest BCUT2D eigenvalue weighted by Gasteiger charge is -2.27. The van der Waals surface area contributed by atoms with E-state index in [0.717, 1.165) is 32.5 Å². The Morgan fingerprint density at radius 2 is 2.05 bits per heavy atom. The number of aliphatic hydroxyl groups excluding tert-OH is 1. The second-order valence-electron chi connectivity index (χ2n) is 6.55. The maximum Gasteiger partial charge on any atom is 0.0588 e. The van der Waals surface area contributed by atoms with Gasteiger partial charge < -0.3 is 15.3 Å². The number of aliphatic hydroxyl groups is 1. The van der Waals surface area contributed by atoms with Gasteiger partial charge in [0.05, 0.1) is 6.10 Å². The quantitative estimate of drug-likeness (QED) is 0.874. The zero-order valence-corrected chi connectivity index (χ0v) is 13.3. The van der Waals surface area contributed by atoms with Crippen molar-refractivity contribution in [1.82, 2.24) is 5.32 Å². The van der Waals surface area contributed by atoms with Crippen molar-refractivity contribution in [2.45, 2.75) is 45.3 Å². The van der Waals surface area contributed by atoms with Crippen LogP contribution in [0.5, 0.6) is 0 Å². The molecular formula is C18H28N2O. The lowest BCUT2D eigenvalue weighted by atomic mass is 9.99. The summed E-state index contributed by atoms with van der Waals surface area (Å²) in [6.45, 7) is 7.54. The fourth-order valence-electron chi connectivity index (χ4n) is 4.22. The Balaban J connectivity index is 1.83. The Hall–Kier alpha value is -1.06. The summed E-state index contributed by atoms with van der Waals surface area (Å²) in [4.78, 5) is 2.51. The number of nitrogens with one attached hydrogen (secondary N) is 1. The minimum absolute atomic E-state index is 0.0806. The summed E-state index contributed by atoms with van der Waals surface area (Å²) in [5.74, 6) is 1.17. The Morgan fingerprint density at radius 3 is 2.76 bits per heavy atom. The van der Waals surface area contributed by atoms with Crippen molar-refractivity contribution in [2.24, 2.45) is 11.8 Å². The molecule has 1 aromatic carbocycles. The predicted molar refractivity (Wildman–Crippen MR) is 87.6 cm³/mol. The summed E-state index contributed by atoms with van der Waals surface area (Å²) >= 11 is 0. The molecule has 1 aliphatic carbocycles. The monoisotopic (exact) mass is 288 g/mol. The summed E-state index contributed by atoms with van der Waals surface area (Å²) in [6, 6.07) is 9.23. The van der Waals surface area contributed by atoms with Gasteiger partial charge in [0.1, 0.15) is 0 Å². The minimum atomic E-state index is -0.0806. The molecule has 0 radical (unpaired) electrons. The second kappa shape index (κ2) is 6.37. The van der Waals surface area contributed by atoms with Crippen LogP contribution in [0.15, 0.2) is 24.3 Å². The number of anilines is 1. The molecule has 3 rings (SSSR count). The largest absolute Gasteiger partial charge is 0.393 e. The van der Waals surface area contributed by atoms with Crippen LogP contribution < -0.4 is 10.2 Å². The van der Waals surface area contributed by atoms with Gasteiger partial charge in [0.15, 0.2) is 0 Å². The van der Waals surface area contributed by atoms with Crippen molar-refractivity contribution in [2.75, 3.05) is 24.5 Å². The van der Waals surface area contributed by atoms with Gasteiger partial charge in [0.2, 0.25) is 0 Å². The summed E-state index contributed by atoms with van der Waals surface area (Å²) in [5, 5.41) is 13.7. The van der Waals surface area contributed by atoms with Crippen LogP contribution in [0.2, 0.25) is 0 Å². The third-order valence-corrected chi connectivity index (χ3v) is 5.33. The van der Waals surface area contributed by atoms with E-state index in [1.807, 2.05) is 0 Å². The van der Waals surface area contributed by atoms with Gasteiger partial charge in [-0.15, -0.1) is 0 Å². The Bertz CT molecular complexity index is 476. The second-order valence-corrected chi connectivity index (χ2v) is 6.55. The summed E-state index contributed by atoms with van der Waals surface area (Å²) in [5.41, 5.74) is 2.78. The molecule has 116 valence electrons. The maximum absolute atomic E-state index is 10.1. The van der Waals surface area contributed by atoms with Crippen LogP contribution in [-0.4, -0.2) is 30.8 Å². The van der Waals surface area contributed by atoms with Gasteiger partial charge >= 0.3 is 0 Å². The Labute approximate surface area is 128 Å². The van der Waals surface area contributed by atoms with Crippen LogP contribution in [0.25, 0.3) is 0 Å². The molecule has 0 aromatic heterocycles. The third kappa shape index (κ3) is 2.82. The average Bonchev–Trinajstić information content (AvgIpc) is 3.07. The van der Waals surface area contributed by atoms with Crippen LogP contribution in [-0.2, 0) is 0 Å². The van der Waals surface area contributed by atoms with E-state index in [1.54, 1.807) is 0 Å². The van der Waals surface area contributed by atoms with E-state index in [-0.39, 0.29) is 6.10 Å². The summed E-state index contributed by atoms with van der Waals surface area (Å²) in [6.07, 6.45) is 3.21. The van der Waals surface area contributed by atoms with E-state index in [0.29, 0.717) is 17.9 Å². The molecular weight excluding hydrogens is 260 g/mol. The van der Waals surface area contributed by atoms with Gasteiger partial charge in [-0.3, -0.25) is 0 Å². The number of nitrogens with zero attached hydrogens (tertiary/aromatic N) is 1. The Kier molecular flexibility index (Phi) is 4.51. The van der Waals surface area contributed by atoms with Crippen molar-refractivity contribution in [3.63, 3.8) is 0 Å². The van der Waals surface area contributed by atoms with E-state index in [2.05, 4.69) is 48.3 Å². The van der Waals surface area contributed by atoms with Crippen LogP contribution in [0.1, 0.15) is 44.7 Å². The molecule has 1 saturated heterocycles. The molecule has 2 fully saturated rings. The predicted octanol–water partition coefficient (Wildman–Crippen LogP) is 2.95. The number of benzene rings is 1. The molecule has 1 heterocycles. The van der Waals surface area contributed by atoms with E-state index >= 15 is 0 Å². The van der Waals surface area contributed by atoms with Crippen LogP contribution >= 0.6 is 0 Å². The zero-order valence-electron chi connectivity index (χ0n) is 13.3. The van der Waals surface area contributed by atoms with Crippen molar-refractivity contribution >= 4 is 5.69 Å². The van der Waals surface area contributed by atoms with Crippen molar-refractivity contribution < 1.29 is 5.11 Å². The van der Waals surface area contributed by atoms with E-state index < -0.39 is 0 Å². The van der Waals surface area contributed by atoms with Crippen LogP contribution in [0.3, 0.4) is 0 Å². The fraction of sp³-hybridized carbons (Fsp3) is 0.667. The van der Waals surface area contributed by atoms with Crippen LogP contribution in [0, 0.1) is 11.8 Å². The lowest BCUT2D eigenvalue weighted by molar-refractivity contribution is 0.133. The van der Waals surface area contributed by atoms with Gasteiger partial charge in [-0.05, 0) is 43.4 Å². The number of fused-ring (bicyclic) bond motifs is 1. The fourth-order valence-corrected chi connectivity index (χ4v) is 4.22. The normalized spacial score (nSPS) is 29.7. The van der Waals surface area contributed by atoms with E-state index in [9.17, 15) is 5.11 Å². The van der Waals surface area contributed by atoms with Gasteiger partial charge in [-0.25, -0.2) is 0 Å². The van der Waals surface area contributed by atoms with Crippen molar-refractivity contribution in [1.29, 1.82) is 0 Å². The highest BCUT2D eigenvalue weighted by Gasteiger charge is 2.42. The first-order chi connectivity index (χ1) is 10.2. The molecule has 2 N–H and O–H groups in total. The number of hydrogen-bond acceptors (Lipinski definition) is 3. The third-order valence-electron chi connectivity index (χ3n) is 5.33. The highest BCUT2D eigenvalue weighted by Crippen LogP contribution is 2.41. The number of para-hydroxylation sites is 1. The summed E-state index contributed by atoms with van der Waals surface area (Å²) in [7, 11) is 0. The first-order valence-corrected chi connectivity index (χ1v) is 8.49. The van der Waals surface area contributed by atoms with Gasteiger partial charge in [-0.1, -0.05) is 32.0 Å². The molecule has 4 unspecified atom stereocenters. The number of rotatable bonds is 5. The molecule has 1 aromatic rings. The van der Waals surface area contributed by atoms with Gasteiger partial charge in [0.25, 0.3) is 0 Å². The molecule has 0 bridgehead atoms. The molecule has 4 atom stereocenters. The first-order valence-electron chi connectivity index (χ1n) is 8.49. The lowest BCUT2D eigenvalue weighted by Crippen LogP contribution is -2.28. The highest BCUT2D eigenvalue weighted by molar-refractivity contribution is 5.56. The van der Waals surface area contributed by atoms with Gasteiger partial charge in [0, 0.05) is 30.7 Å².